The largest absolute Gasteiger partial charge is 0.503 e. The second-order valence-electron chi connectivity index (χ2n) is 6.46. The summed E-state index contributed by atoms with van der Waals surface area (Å²) >= 11 is 0. The monoisotopic (exact) mass is 367 g/mol. The Morgan fingerprint density at radius 1 is 1.33 bits per heavy atom. The van der Waals surface area contributed by atoms with Crippen molar-refractivity contribution in [3.8, 4) is 0 Å². The molecule has 0 spiro atoms. The molecule has 0 aromatic carbocycles. The zero-order valence-corrected chi connectivity index (χ0v) is 15.2. The number of likely N-dealkylation sites (N-methyl/N-ethyl adjacent to an activating group) is 1. The van der Waals surface area contributed by atoms with Gasteiger partial charge in [0.15, 0.2) is 11.5 Å². The van der Waals surface area contributed by atoms with E-state index in [4.69, 9.17) is 4.42 Å². The van der Waals surface area contributed by atoms with Crippen LogP contribution in [0.3, 0.4) is 0 Å². The van der Waals surface area contributed by atoms with Crippen molar-refractivity contribution >= 4 is 17.8 Å². The third-order valence-corrected chi connectivity index (χ3v) is 4.32. The summed E-state index contributed by atoms with van der Waals surface area (Å²) in [5.41, 5.74) is 0.781. The number of carbonyl (C=O) groups is 2. The predicted molar refractivity (Wildman–Crippen MR) is 99.6 cm³/mol. The van der Waals surface area contributed by atoms with Gasteiger partial charge in [-0.25, -0.2) is 0 Å². The summed E-state index contributed by atoms with van der Waals surface area (Å²) in [6.07, 6.45) is 7.52. The number of nitrogens with zero attached hydrogens (tertiary/aromatic N) is 3. The molecule has 0 radical (unpaired) electrons. The Kier molecular flexibility index (Phi) is 5.52. The molecule has 2 aromatic rings. The number of aliphatic hydroxyl groups excluding tert-OH is 1. The van der Waals surface area contributed by atoms with E-state index in [9.17, 15) is 14.7 Å². The Bertz CT molecular complexity index is 870. The van der Waals surface area contributed by atoms with Gasteiger partial charge in [0.2, 0.25) is 0 Å². The van der Waals surface area contributed by atoms with Crippen LogP contribution in [-0.4, -0.2) is 58.8 Å². The number of hydrogen-bond acceptors (Lipinski definition) is 6. The maximum atomic E-state index is 12.8. The molecule has 7 nitrogen and oxygen atoms in total. The van der Waals surface area contributed by atoms with Gasteiger partial charge in [-0.2, -0.15) is 0 Å². The van der Waals surface area contributed by atoms with Gasteiger partial charge in [-0.15, -0.1) is 0 Å². The minimum atomic E-state index is -0.658. The van der Waals surface area contributed by atoms with E-state index in [0.717, 1.165) is 5.56 Å². The standard InChI is InChI=1S/C20H21N3O4/c1-22(2)11-12-23-18(14-7-9-21-10-8-14)17(19(25)20(23)26)16(24)6-5-15-4-3-13-27-15/h3-10,13,18,25H,11-12H2,1-2H3. The molecule has 1 N–H and O–H groups in total. The number of aliphatic hydroxyl groups is 1. The number of rotatable bonds is 7. The molecule has 1 atom stereocenters. The molecule has 0 saturated heterocycles. The highest BCUT2D eigenvalue weighted by atomic mass is 16.3. The summed E-state index contributed by atoms with van der Waals surface area (Å²) in [7, 11) is 3.79. The molecular weight excluding hydrogens is 346 g/mol. The SMILES string of the molecule is CN(C)CCN1C(=O)C(O)=C(C(=O)C=Cc2ccco2)C1c1ccncc1. The zero-order chi connectivity index (χ0) is 19.4. The van der Waals surface area contributed by atoms with E-state index in [1.54, 1.807) is 36.7 Å². The van der Waals surface area contributed by atoms with Crippen LogP contribution in [0.2, 0.25) is 0 Å². The number of hydrogen-bond donors (Lipinski definition) is 1. The lowest BCUT2D eigenvalue weighted by Crippen LogP contribution is -2.36. The molecule has 1 aliphatic rings. The number of amides is 1. The smallest absolute Gasteiger partial charge is 0.290 e. The molecule has 7 heteroatoms. The Hall–Kier alpha value is -3.19. The molecule has 1 amide bonds. The lowest BCUT2D eigenvalue weighted by atomic mass is 9.96. The van der Waals surface area contributed by atoms with E-state index in [2.05, 4.69) is 4.98 Å². The van der Waals surface area contributed by atoms with Gasteiger partial charge in [0.05, 0.1) is 17.9 Å². The summed E-state index contributed by atoms with van der Waals surface area (Å²) in [5, 5.41) is 10.4. The fourth-order valence-electron chi connectivity index (χ4n) is 2.97. The first-order valence-corrected chi connectivity index (χ1v) is 8.53. The van der Waals surface area contributed by atoms with E-state index >= 15 is 0 Å². The van der Waals surface area contributed by atoms with Crippen molar-refractivity contribution in [3.63, 3.8) is 0 Å². The van der Waals surface area contributed by atoms with Gasteiger partial charge in [-0.1, -0.05) is 0 Å². The van der Waals surface area contributed by atoms with Crippen LogP contribution in [0.5, 0.6) is 0 Å². The van der Waals surface area contributed by atoms with Crippen LogP contribution in [0.1, 0.15) is 17.4 Å². The van der Waals surface area contributed by atoms with E-state index in [-0.39, 0.29) is 5.57 Å². The average molecular weight is 367 g/mol. The lowest BCUT2D eigenvalue weighted by molar-refractivity contribution is -0.129. The molecule has 3 heterocycles. The van der Waals surface area contributed by atoms with Crippen molar-refractivity contribution in [1.29, 1.82) is 0 Å². The van der Waals surface area contributed by atoms with Crippen LogP contribution in [0.25, 0.3) is 6.08 Å². The molecule has 0 saturated carbocycles. The first-order chi connectivity index (χ1) is 13.0. The van der Waals surface area contributed by atoms with Crippen LogP contribution in [0.4, 0.5) is 0 Å². The number of allylic oxidation sites excluding steroid dienone is 1. The third kappa shape index (κ3) is 3.98. The summed E-state index contributed by atoms with van der Waals surface area (Å²) in [6, 6.07) is 6.24. The highest BCUT2D eigenvalue weighted by Crippen LogP contribution is 2.37. The van der Waals surface area contributed by atoms with Crippen molar-refractivity contribution in [3.05, 3.63) is 71.7 Å². The summed E-state index contributed by atoms with van der Waals surface area (Å²) in [4.78, 5) is 32.9. The molecule has 27 heavy (non-hydrogen) atoms. The molecule has 0 aliphatic carbocycles. The van der Waals surface area contributed by atoms with Crippen LogP contribution < -0.4 is 0 Å². The normalized spacial score (nSPS) is 17.5. The van der Waals surface area contributed by atoms with Crippen LogP contribution >= 0.6 is 0 Å². The number of carbonyl (C=O) groups excluding carboxylic acids is 2. The van der Waals surface area contributed by atoms with Gasteiger partial charge < -0.3 is 19.3 Å². The van der Waals surface area contributed by atoms with Crippen molar-refractivity contribution in [2.24, 2.45) is 0 Å². The average Bonchev–Trinajstić information content (AvgIpc) is 3.26. The molecule has 140 valence electrons. The molecular formula is C20H21N3O4. The van der Waals surface area contributed by atoms with E-state index in [1.165, 1.54) is 23.3 Å². The number of pyridine rings is 1. The molecule has 0 fully saturated rings. The number of furan rings is 1. The molecule has 0 bridgehead atoms. The first kappa shape index (κ1) is 18.6. The first-order valence-electron chi connectivity index (χ1n) is 8.53. The summed E-state index contributed by atoms with van der Waals surface area (Å²) in [6.45, 7) is 0.978. The second kappa shape index (κ2) is 8.01. The second-order valence-corrected chi connectivity index (χ2v) is 6.46. The van der Waals surface area contributed by atoms with Crippen LogP contribution in [0, 0.1) is 0 Å². The minimum absolute atomic E-state index is 0.0627. The van der Waals surface area contributed by atoms with Gasteiger partial charge in [0.25, 0.3) is 5.91 Å². The number of aromatic nitrogens is 1. The van der Waals surface area contributed by atoms with Gasteiger partial charge in [-0.05, 0) is 56.1 Å². The molecule has 1 aliphatic heterocycles. The Morgan fingerprint density at radius 2 is 2.07 bits per heavy atom. The van der Waals surface area contributed by atoms with Gasteiger partial charge in [0.1, 0.15) is 5.76 Å². The zero-order valence-electron chi connectivity index (χ0n) is 15.2. The van der Waals surface area contributed by atoms with Crippen LogP contribution in [0.15, 0.2) is 64.7 Å². The topological polar surface area (TPSA) is 86.9 Å². The Morgan fingerprint density at radius 3 is 2.70 bits per heavy atom. The van der Waals surface area contributed by atoms with Crippen molar-refractivity contribution in [2.75, 3.05) is 27.2 Å². The predicted octanol–water partition coefficient (Wildman–Crippen LogP) is 2.21. The van der Waals surface area contributed by atoms with E-state index < -0.39 is 23.5 Å². The summed E-state index contributed by atoms with van der Waals surface area (Å²) in [5.74, 6) is -0.984. The Labute approximate surface area is 157 Å². The molecule has 1 unspecified atom stereocenters. The van der Waals surface area contributed by atoms with E-state index in [1.807, 2.05) is 19.0 Å². The molecule has 3 rings (SSSR count). The Balaban J connectivity index is 1.95. The van der Waals surface area contributed by atoms with E-state index in [0.29, 0.717) is 18.8 Å². The van der Waals surface area contributed by atoms with Crippen molar-refractivity contribution < 1.29 is 19.1 Å². The molecule has 2 aromatic heterocycles. The maximum Gasteiger partial charge on any atom is 0.290 e. The van der Waals surface area contributed by atoms with Gasteiger partial charge in [-0.3, -0.25) is 14.6 Å². The fraction of sp³-hybridized carbons (Fsp3) is 0.250. The maximum absolute atomic E-state index is 12.8. The fourth-order valence-corrected chi connectivity index (χ4v) is 2.97. The highest BCUT2D eigenvalue weighted by Gasteiger charge is 2.42. The van der Waals surface area contributed by atoms with Crippen LogP contribution in [-0.2, 0) is 9.59 Å². The van der Waals surface area contributed by atoms with Crippen molar-refractivity contribution in [2.45, 2.75) is 6.04 Å². The van der Waals surface area contributed by atoms with Gasteiger partial charge in [0, 0.05) is 25.5 Å². The minimum Gasteiger partial charge on any atom is -0.503 e. The summed E-state index contributed by atoms with van der Waals surface area (Å²) < 4.78 is 5.18. The van der Waals surface area contributed by atoms with Crippen molar-refractivity contribution in [1.82, 2.24) is 14.8 Å². The third-order valence-electron chi connectivity index (χ3n) is 4.32. The number of ketones is 1. The lowest BCUT2D eigenvalue weighted by Gasteiger charge is -2.27. The quantitative estimate of drug-likeness (QED) is 0.755. The van der Waals surface area contributed by atoms with Gasteiger partial charge >= 0.3 is 0 Å². The highest BCUT2D eigenvalue weighted by molar-refractivity contribution is 6.14.